The minimum absolute atomic E-state index is 0.121. The number of carbonyl (C=O) groups is 1. The molecule has 1 unspecified atom stereocenters. The third kappa shape index (κ3) is 4.77. The lowest BCUT2D eigenvalue weighted by Crippen LogP contribution is -2.47. The van der Waals surface area contributed by atoms with Crippen molar-refractivity contribution >= 4 is 16.8 Å². The molecular formula is C13H18ClNO. The van der Waals surface area contributed by atoms with E-state index in [1.807, 2.05) is 51.1 Å². The van der Waals surface area contributed by atoms with E-state index in [4.69, 9.17) is 11.6 Å². The first-order valence-corrected chi connectivity index (χ1v) is 5.77. The number of hydrogen-bond acceptors (Lipinski definition) is 2. The van der Waals surface area contributed by atoms with Crippen molar-refractivity contribution in [2.24, 2.45) is 0 Å². The van der Waals surface area contributed by atoms with Gasteiger partial charge in [0.05, 0.1) is 6.04 Å². The Morgan fingerprint density at radius 3 is 2.31 bits per heavy atom. The van der Waals surface area contributed by atoms with Gasteiger partial charge in [0.25, 0.3) is 0 Å². The number of halogens is 1. The molecule has 0 spiro atoms. The maximum atomic E-state index is 11.3. The second-order valence-electron chi connectivity index (χ2n) is 4.94. The summed E-state index contributed by atoms with van der Waals surface area (Å²) in [6.45, 7) is 6.06. The standard InChI is InChI=1S/C13H18ClNO/c1-13(2,3)15-11(12(14)16)9-10-7-5-4-6-8-10/h4-8,11,15H,9H2,1-3H3. The number of nitrogens with one attached hydrogen (secondary N) is 1. The zero-order valence-electron chi connectivity index (χ0n) is 9.96. The first-order valence-electron chi connectivity index (χ1n) is 5.39. The van der Waals surface area contributed by atoms with Crippen LogP contribution in [0.2, 0.25) is 0 Å². The molecule has 1 rings (SSSR count). The van der Waals surface area contributed by atoms with Crippen LogP contribution < -0.4 is 5.32 Å². The topological polar surface area (TPSA) is 29.1 Å². The minimum atomic E-state index is -0.334. The normalized spacial score (nSPS) is 13.5. The first-order chi connectivity index (χ1) is 7.38. The van der Waals surface area contributed by atoms with Crippen LogP contribution in [0.15, 0.2) is 30.3 Å². The molecule has 0 radical (unpaired) electrons. The Hall–Kier alpha value is -0.860. The van der Waals surface area contributed by atoms with Gasteiger partial charge in [-0.05, 0) is 44.4 Å². The Morgan fingerprint density at radius 1 is 1.31 bits per heavy atom. The highest BCUT2D eigenvalue weighted by molar-refractivity contribution is 6.64. The molecule has 0 aliphatic heterocycles. The molecule has 0 saturated carbocycles. The molecule has 0 heterocycles. The van der Waals surface area contributed by atoms with Gasteiger partial charge in [-0.15, -0.1) is 0 Å². The van der Waals surface area contributed by atoms with E-state index < -0.39 is 0 Å². The van der Waals surface area contributed by atoms with Crippen LogP contribution in [0.4, 0.5) is 0 Å². The molecule has 3 heteroatoms. The van der Waals surface area contributed by atoms with E-state index in [0.717, 1.165) is 5.56 Å². The smallest absolute Gasteiger partial charge is 0.238 e. The lowest BCUT2D eigenvalue weighted by molar-refractivity contribution is -0.113. The lowest BCUT2D eigenvalue weighted by Gasteiger charge is -2.26. The fourth-order valence-corrected chi connectivity index (χ4v) is 1.69. The Kier molecular flexibility index (Phi) is 4.51. The number of benzene rings is 1. The largest absolute Gasteiger partial charge is 0.301 e. The highest BCUT2D eigenvalue weighted by Gasteiger charge is 2.22. The van der Waals surface area contributed by atoms with Crippen LogP contribution >= 0.6 is 11.6 Å². The Bertz CT molecular complexity index is 343. The summed E-state index contributed by atoms with van der Waals surface area (Å²) in [7, 11) is 0. The second kappa shape index (κ2) is 5.46. The SMILES string of the molecule is CC(C)(C)NC(Cc1ccccc1)C(=O)Cl. The highest BCUT2D eigenvalue weighted by Crippen LogP contribution is 2.09. The summed E-state index contributed by atoms with van der Waals surface area (Å²) in [5.41, 5.74) is 0.988. The van der Waals surface area contributed by atoms with E-state index in [9.17, 15) is 4.79 Å². The van der Waals surface area contributed by atoms with Gasteiger partial charge in [-0.2, -0.15) is 0 Å². The van der Waals surface area contributed by atoms with Gasteiger partial charge >= 0.3 is 0 Å². The van der Waals surface area contributed by atoms with Crippen LogP contribution in [-0.2, 0) is 11.2 Å². The summed E-state index contributed by atoms with van der Waals surface area (Å²) in [5.74, 6) is 0. The summed E-state index contributed by atoms with van der Waals surface area (Å²) in [4.78, 5) is 11.3. The van der Waals surface area contributed by atoms with Gasteiger partial charge < -0.3 is 5.32 Å². The second-order valence-corrected chi connectivity index (χ2v) is 5.31. The summed E-state index contributed by atoms with van der Waals surface area (Å²) in [6, 6.07) is 9.54. The summed E-state index contributed by atoms with van der Waals surface area (Å²) >= 11 is 5.60. The Morgan fingerprint density at radius 2 is 1.88 bits per heavy atom. The van der Waals surface area contributed by atoms with Crippen LogP contribution in [0.25, 0.3) is 0 Å². The molecular weight excluding hydrogens is 222 g/mol. The predicted octanol–water partition coefficient (Wildman–Crippen LogP) is 2.75. The van der Waals surface area contributed by atoms with E-state index in [-0.39, 0.29) is 16.8 Å². The molecule has 0 aliphatic carbocycles. The van der Waals surface area contributed by atoms with Crippen molar-refractivity contribution in [1.82, 2.24) is 5.32 Å². The van der Waals surface area contributed by atoms with Crippen LogP contribution in [0.1, 0.15) is 26.3 Å². The number of carbonyl (C=O) groups excluding carboxylic acids is 1. The van der Waals surface area contributed by atoms with Crippen molar-refractivity contribution < 1.29 is 4.79 Å². The Labute approximate surface area is 102 Å². The molecule has 16 heavy (non-hydrogen) atoms. The van der Waals surface area contributed by atoms with Crippen molar-refractivity contribution in [3.63, 3.8) is 0 Å². The molecule has 0 fully saturated rings. The monoisotopic (exact) mass is 239 g/mol. The van der Waals surface area contributed by atoms with Gasteiger partial charge in [-0.1, -0.05) is 30.3 Å². The first kappa shape index (κ1) is 13.2. The Balaban J connectivity index is 2.70. The van der Waals surface area contributed by atoms with Crippen LogP contribution in [-0.4, -0.2) is 16.8 Å². The molecule has 0 saturated heterocycles. The van der Waals surface area contributed by atoms with Crippen LogP contribution in [0.5, 0.6) is 0 Å². The van der Waals surface area contributed by atoms with E-state index in [1.54, 1.807) is 0 Å². The van der Waals surface area contributed by atoms with Gasteiger partial charge in [-0.25, -0.2) is 0 Å². The average Bonchev–Trinajstić information content (AvgIpc) is 2.16. The molecule has 88 valence electrons. The molecule has 0 aromatic heterocycles. The van der Waals surface area contributed by atoms with Crippen molar-refractivity contribution in [3.05, 3.63) is 35.9 Å². The fourth-order valence-electron chi connectivity index (χ4n) is 1.56. The third-order valence-electron chi connectivity index (χ3n) is 2.16. The van der Waals surface area contributed by atoms with E-state index in [1.165, 1.54) is 0 Å². The maximum absolute atomic E-state index is 11.3. The van der Waals surface area contributed by atoms with Gasteiger partial charge in [0.2, 0.25) is 5.24 Å². The number of rotatable bonds is 4. The zero-order chi connectivity index (χ0) is 12.2. The zero-order valence-corrected chi connectivity index (χ0v) is 10.7. The molecule has 0 amide bonds. The van der Waals surface area contributed by atoms with Crippen LogP contribution in [0.3, 0.4) is 0 Å². The van der Waals surface area contributed by atoms with Crippen LogP contribution in [0, 0.1) is 0 Å². The number of hydrogen-bond donors (Lipinski definition) is 1. The highest BCUT2D eigenvalue weighted by atomic mass is 35.5. The van der Waals surface area contributed by atoms with E-state index in [0.29, 0.717) is 6.42 Å². The summed E-state index contributed by atoms with van der Waals surface area (Å²) in [6.07, 6.45) is 0.625. The molecule has 2 nitrogen and oxygen atoms in total. The molecule has 0 bridgehead atoms. The third-order valence-corrected chi connectivity index (χ3v) is 2.43. The van der Waals surface area contributed by atoms with Gasteiger partial charge in [0.1, 0.15) is 0 Å². The lowest BCUT2D eigenvalue weighted by atomic mass is 10.0. The fraction of sp³-hybridized carbons (Fsp3) is 0.462. The molecule has 1 N–H and O–H groups in total. The summed E-state index contributed by atoms with van der Waals surface area (Å²) < 4.78 is 0. The van der Waals surface area contributed by atoms with E-state index >= 15 is 0 Å². The molecule has 1 atom stereocenters. The van der Waals surface area contributed by atoms with Gasteiger partial charge in [0.15, 0.2) is 0 Å². The van der Waals surface area contributed by atoms with Crippen molar-refractivity contribution in [3.8, 4) is 0 Å². The maximum Gasteiger partial charge on any atom is 0.238 e. The van der Waals surface area contributed by atoms with E-state index in [2.05, 4.69) is 5.32 Å². The molecule has 0 aliphatic rings. The average molecular weight is 240 g/mol. The predicted molar refractivity (Wildman–Crippen MR) is 67.7 cm³/mol. The van der Waals surface area contributed by atoms with Crippen molar-refractivity contribution in [2.45, 2.75) is 38.8 Å². The quantitative estimate of drug-likeness (QED) is 0.819. The van der Waals surface area contributed by atoms with Crippen molar-refractivity contribution in [1.29, 1.82) is 0 Å². The van der Waals surface area contributed by atoms with Gasteiger partial charge in [0, 0.05) is 5.54 Å². The molecule has 1 aromatic carbocycles. The molecule has 1 aromatic rings. The summed E-state index contributed by atoms with van der Waals surface area (Å²) in [5, 5.41) is 2.89. The minimum Gasteiger partial charge on any atom is -0.301 e. The van der Waals surface area contributed by atoms with Crippen molar-refractivity contribution in [2.75, 3.05) is 0 Å². The van der Waals surface area contributed by atoms with Gasteiger partial charge in [-0.3, -0.25) is 4.79 Å².